The lowest BCUT2D eigenvalue weighted by molar-refractivity contribution is 0.716. The molecule has 0 fully saturated rings. The van der Waals surface area contributed by atoms with E-state index in [-0.39, 0.29) is 5.92 Å². The fourth-order valence-corrected chi connectivity index (χ4v) is 1.66. The van der Waals surface area contributed by atoms with Crippen molar-refractivity contribution in [2.45, 2.75) is 6.92 Å². The van der Waals surface area contributed by atoms with Crippen molar-refractivity contribution in [3.63, 3.8) is 0 Å². The molecule has 3 heteroatoms. The Labute approximate surface area is 93.3 Å². The SMILES string of the molecule is CC(C#N)CN(C)c1cccc(Br)c1. The van der Waals surface area contributed by atoms with Crippen LogP contribution in [-0.2, 0) is 0 Å². The lowest BCUT2D eigenvalue weighted by Crippen LogP contribution is -2.22. The molecule has 0 aliphatic carbocycles. The molecule has 0 N–H and O–H groups in total. The minimum atomic E-state index is 0.0546. The number of hydrogen-bond donors (Lipinski definition) is 0. The van der Waals surface area contributed by atoms with Crippen LogP contribution >= 0.6 is 15.9 Å². The van der Waals surface area contributed by atoms with Crippen LogP contribution in [0.1, 0.15) is 6.92 Å². The molecule has 2 nitrogen and oxygen atoms in total. The van der Waals surface area contributed by atoms with Gasteiger partial charge in [-0.25, -0.2) is 0 Å². The van der Waals surface area contributed by atoms with Crippen molar-refractivity contribution in [2.75, 3.05) is 18.5 Å². The molecule has 0 aliphatic rings. The van der Waals surface area contributed by atoms with E-state index in [2.05, 4.69) is 26.9 Å². The van der Waals surface area contributed by atoms with Gasteiger partial charge in [-0.15, -0.1) is 0 Å². The van der Waals surface area contributed by atoms with Crippen molar-refractivity contribution < 1.29 is 0 Å². The summed E-state index contributed by atoms with van der Waals surface area (Å²) in [6, 6.07) is 10.3. The largest absolute Gasteiger partial charge is 0.373 e. The van der Waals surface area contributed by atoms with Crippen molar-refractivity contribution in [1.82, 2.24) is 0 Å². The Hall–Kier alpha value is -1.01. The van der Waals surface area contributed by atoms with E-state index in [4.69, 9.17) is 5.26 Å². The molecule has 1 atom stereocenters. The molecule has 0 bridgehead atoms. The second kappa shape index (κ2) is 5.02. The zero-order chi connectivity index (χ0) is 10.6. The third-order valence-corrected chi connectivity index (χ3v) is 2.51. The smallest absolute Gasteiger partial charge is 0.0671 e. The van der Waals surface area contributed by atoms with Crippen molar-refractivity contribution >= 4 is 21.6 Å². The molecule has 0 radical (unpaired) electrons. The Morgan fingerprint density at radius 1 is 1.57 bits per heavy atom. The summed E-state index contributed by atoms with van der Waals surface area (Å²) in [5.74, 6) is 0.0546. The summed E-state index contributed by atoms with van der Waals surface area (Å²) < 4.78 is 1.06. The van der Waals surface area contributed by atoms with Crippen LogP contribution in [0.2, 0.25) is 0 Å². The van der Waals surface area contributed by atoms with E-state index in [0.29, 0.717) is 0 Å². The van der Waals surface area contributed by atoms with Gasteiger partial charge in [0.25, 0.3) is 0 Å². The molecule has 0 aromatic heterocycles. The standard InChI is InChI=1S/C11H13BrN2/c1-9(7-13)8-14(2)11-5-3-4-10(12)6-11/h3-6,9H,8H2,1-2H3. The Kier molecular flexibility index (Phi) is 3.97. The first-order chi connectivity index (χ1) is 6.63. The molecule has 1 aromatic rings. The number of nitrogens with zero attached hydrogens (tertiary/aromatic N) is 2. The average Bonchev–Trinajstić information content (AvgIpc) is 2.17. The van der Waals surface area contributed by atoms with E-state index in [1.54, 1.807) is 0 Å². The second-order valence-corrected chi connectivity index (χ2v) is 4.31. The predicted molar refractivity (Wildman–Crippen MR) is 62.2 cm³/mol. The molecular weight excluding hydrogens is 240 g/mol. The quantitative estimate of drug-likeness (QED) is 0.827. The van der Waals surface area contributed by atoms with Crippen molar-refractivity contribution in [3.8, 4) is 6.07 Å². The van der Waals surface area contributed by atoms with Gasteiger partial charge in [0.2, 0.25) is 0 Å². The maximum Gasteiger partial charge on any atom is 0.0671 e. The Balaban J connectivity index is 2.70. The normalized spacial score (nSPS) is 11.9. The lowest BCUT2D eigenvalue weighted by atomic mass is 10.2. The number of rotatable bonds is 3. The van der Waals surface area contributed by atoms with E-state index in [9.17, 15) is 0 Å². The Bertz CT molecular complexity index is 343. The maximum atomic E-state index is 8.70. The van der Waals surface area contributed by atoms with Gasteiger partial charge in [-0.05, 0) is 25.1 Å². The molecule has 74 valence electrons. The van der Waals surface area contributed by atoms with Crippen LogP contribution in [0.25, 0.3) is 0 Å². The summed E-state index contributed by atoms with van der Waals surface area (Å²) in [6.45, 7) is 2.68. The van der Waals surface area contributed by atoms with Gasteiger partial charge in [0.15, 0.2) is 0 Å². The monoisotopic (exact) mass is 252 g/mol. The molecule has 0 amide bonds. The molecule has 0 spiro atoms. The van der Waals surface area contributed by atoms with Gasteiger partial charge in [0.1, 0.15) is 0 Å². The molecule has 1 unspecified atom stereocenters. The van der Waals surface area contributed by atoms with E-state index in [1.165, 1.54) is 0 Å². The highest BCUT2D eigenvalue weighted by Gasteiger charge is 2.05. The first-order valence-corrected chi connectivity index (χ1v) is 5.29. The second-order valence-electron chi connectivity index (χ2n) is 3.39. The van der Waals surface area contributed by atoms with Gasteiger partial charge in [0.05, 0.1) is 12.0 Å². The van der Waals surface area contributed by atoms with Crippen LogP contribution in [0.4, 0.5) is 5.69 Å². The van der Waals surface area contributed by atoms with Crippen molar-refractivity contribution in [3.05, 3.63) is 28.7 Å². The number of anilines is 1. The van der Waals surface area contributed by atoms with Crippen LogP contribution in [-0.4, -0.2) is 13.6 Å². The number of benzene rings is 1. The molecule has 0 heterocycles. The highest BCUT2D eigenvalue weighted by molar-refractivity contribution is 9.10. The molecule has 0 saturated carbocycles. The lowest BCUT2D eigenvalue weighted by Gasteiger charge is -2.20. The summed E-state index contributed by atoms with van der Waals surface area (Å²) in [6.07, 6.45) is 0. The zero-order valence-corrected chi connectivity index (χ0v) is 9.95. The Morgan fingerprint density at radius 2 is 2.29 bits per heavy atom. The maximum absolute atomic E-state index is 8.70. The van der Waals surface area contributed by atoms with Crippen molar-refractivity contribution in [2.24, 2.45) is 5.92 Å². The third-order valence-electron chi connectivity index (χ3n) is 2.02. The predicted octanol–water partition coefficient (Wildman–Crippen LogP) is 3.04. The van der Waals surface area contributed by atoms with Crippen molar-refractivity contribution in [1.29, 1.82) is 5.26 Å². The van der Waals surface area contributed by atoms with E-state index in [0.717, 1.165) is 16.7 Å². The minimum absolute atomic E-state index is 0.0546. The van der Waals surface area contributed by atoms with Crippen LogP contribution < -0.4 is 4.90 Å². The van der Waals surface area contributed by atoms with E-state index in [1.807, 2.05) is 38.2 Å². The van der Waals surface area contributed by atoms with Gasteiger partial charge in [-0.3, -0.25) is 0 Å². The van der Waals surface area contributed by atoms with Gasteiger partial charge in [-0.2, -0.15) is 5.26 Å². The molecule has 0 saturated heterocycles. The summed E-state index contributed by atoms with van der Waals surface area (Å²) >= 11 is 3.42. The minimum Gasteiger partial charge on any atom is -0.373 e. The first kappa shape index (κ1) is 11.1. The number of nitriles is 1. The molecule has 14 heavy (non-hydrogen) atoms. The first-order valence-electron chi connectivity index (χ1n) is 4.50. The van der Waals surface area contributed by atoms with Crippen LogP contribution in [0.3, 0.4) is 0 Å². The third kappa shape index (κ3) is 3.04. The number of halogens is 1. The van der Waals surface area contributed by atoms with Gasteiger partial charge < -0.3 is 4.90 Å². The average molecular weight is 253 g/mol. The summed E-state index contributed by atoms with van der Waals surface area (Å²) in [4.78, 5) is 2.08. The van der Waals surface area contributed by atoms with Gasteiger partial charge in [-0.1, -0.05) is 22.0 Å². The molecule has 1 rings (SSSR count). The summed E-state index contributed by atoms with van der Waals surface area (Å²) in [5, 5.41) is 8.70. The highest BCUT2D eigenvalue weighted by atomic mass is 79.9. The highest BCUT2D eigenvalue weighted by Crippen LogP contribution is 2.19. The molecular formula is C11H13BrN2. The van der Waals surface area contributed by atoms with E-state index >= 15 is 0 Å². The fraction of sp³-hybridized carbons (Fsp3) is 0.364. The fourth-order valence-electron chi connectivity index (χ4n) is 1.27. The number of hydrogen-bond acceptors (Lipinski definition) is 2. The zero-order valence-electron chi connectivity index (χ0n) is 8.37. The topological polar surface area (TPSA) is 27.0 Å². The van der Waals surface area contributed by atoms with Gasteiger partial charge in [0, 0.05) is 23.8 Å². The molecule has 0 aliphatic heterocycles. The van der Waals surface area contributed by atoms with Crippen LogP contribution in [0.15, 0.2) is 28.7 Å². The van der Waals surface area contributed by atoms with Crippen LogP contribution in [0, 0.1) is 17.2 Å². The molecule has 1 aromatic carbocycles. The summed E-state index contributed by atoms with van der Waals surface area (Å²) in [7, 11) is 2.00. The van der Waals surface area contributed by atoms with Gasteiger partial charge >= 0.3 is 0 Å². The summed E-state index contributed by atoms with van der Waals surface area (Å²) in [5.41, 5.74) is 1.13. The Morgan fingerprint density at radius 3 is 2.86 bits per heavy atom. The van der Waals surface area contributed by atoms with E-state index < -0.39 is 0 Å². The van der Waals surface area contributed by atoms with Crippen LogP contribution in [0.5, 0.6) is 0 Å².